The minimum atomic E-state index is -0.669. The number of rotatable bonds is 1. The highest BCUT2D eigenvalue weighted by Gasteiger charge is 2.30. The molecule has 6 heteroatoms. The standard InChI is InChI=1S/C18H17ClN2O2S/c1-18(23)7-9-21(10-8-18)17(22)15-12-20-16(24-15)6-5-13-3-2-4-14(19)11-13/h2-4,11-12,23H,7-10H2,1H3. The first kappa shape index (κ1) is 17.0. The minimum Gasteiger partial charge on any atom is -0.390 e. The maximum absolute atomic E-state index is 12.5. The maximum atomic E-state index is 12.5. The van der Waals surface area contributed by atoms with E-state index in [0.29, 0.717) is 40.8 Å². The Morgan fingerprint density at radius 2 is 2.12 bits per heavy atom. The largest absolute Gasteiger partial charge is 0.390 e. The molecule has 0 radical (unpaired) electrons. The van der Waals surface area contributed by atoms with Gasteiger partial charge in [0.2, 0.25) is 0 Å². The van der Waals surface area contributed by atoms with E-state index in [1.807, 2.05) is 19.1 Å². The molecule has 2 heterocycles. The summed E-state index contributed by atoms with van der Waals surface area (Å²) in [4.78, 5) is 19.0. The van der Waals surface area contributed by atoms with Crippen molar-refractivity contribution in [2.24, 2.45) is 0 Å². The van der Waals surface area contributed by atoms with Crippen molar-refractivity contribution < 1.29 is 9.90 Å². The number of hydrogen-bond acceptors (Lipinski definition) is 4. The number of carbonyl (C=O) groups excluding carboxylic acids is 1. The molecule has 1 saturated heterocycles. The van der Waals surface area contributed by atoms with Gasteiger partial charge in [0.15, 0.2) is 5.01 Å². The number of aliphatic hydroxyl groups is 1. The molecule has 2 aromatic rings. The highest BCUT2D eigenvalue weighted by molar-refractivity contribution is 7.14. The number of halogens is 1. The van der Waals surface area contributed by atoms with Gasteiger partial charge in [0.1, 0.15) is 4.88 Å². The van der Waals surface area contributed by atoms with E-state index in [1.54, 1.807) is 23.2 Å². The second kappa shape index (κ2) is 6.94. The molecule has 24 heavy (non-hydrogen) atoms. The number of nitrogens with zero attached hydrogens (tertiary/aromatic N) is 2. The Labute approximate surface area is 150 Å². The predicted molar refractivity (Wildman–Crippen MR) is 95.3 cm³/mol. The lowest BCUT2D eigenvalue weighted by Crippen LogP contribution is -2.44. The summed E-state index contributed by atoms with van der Waals surface area (Å²) in [6, 6.07) is 7.29. The van der Waals surface area contributed by atoms with E-state index in [1.165, 1.54) is 11.3 Å². The fourth-order valence-corrected chi connectivity index (χ4v) is 3.40. The normalized spacial score (nSPS) is 16.4. The summed E-state index contributed by atoms with van der Waals surface area (Å²) in [6.07, 6.45) is 2.76. The van der Waals surface area contributed by atoms with Crippen LogP contribution in [-0.4, -0.2) is 39.6 Å². The van der Waals surface area contributed by atoms with Gasteiger partial charge in [-0.15, -0.1) is 11.3 Å². The van der Waals surface area contributed by atoms with Gasteiger partial charge in [-0.2, -0.15) is 0 Å². The Morgan fingerprint density at radius 3 is 2.83 bits per heavy atom. The first-order valence-corrected chi connectivity index (χ1v) is 8.87. The van der Waals surface area contributed by atoms with Gasteiger partial charge in [-0.25, -0.2) is 4.98 Å². The maximum Gasteiger partial charge on any atom is 0.265 e. The summed E-state index contributed by atoms with van der Waals surface area (Å²) in [6.45, 7) is 2.94. The summed E-state index contributed by atoms with van der Waals surface area (Å²) in [5.41, 5.74) is 0.141. The average molecular weight is 361 g/mol. The van der Waals surface area contributed by atoms with Gasteiger partial charge in [0, 0.05) is 23.7 Å². The fourth-order valence-electron chi connectivity index (χ4n) is 2.47. The molecule has 0 aliphatic carbocycles. The van der Waals surface area contributed by atoms with E-state index in [9.17, 15) is 9.90 Å². The monoisotopic (exact) mass is 360 g/mol. The molecule has 0 atom stereocenters. The number of piperidine rings is 1. The molecule has 4 nitrogen and oxygen atoms in total. The third-order valence-electron chi connectivity index (χ3n) is 3.98. The summed E-state index contributed by atoms with van der Waals surface area (Å²) >= 11 is 7.22. The third kappa shape index (κ3) is 4.15. The number of benzene rings is 1. The molecule has 0 saturated carbocycles. The number of hydrogen-bond donors (Lipinski definition) is 1. The van der Waals surface area contributed by atoms with Crippen LogP contribution >= 0.6 is 22.9 Å². The van der Waals surface area contributed by atoms with E-state index >= 15 is 0 Å². The molecule has 1 fully saturated rings. The summed E-state index contributed by atoms with van der Waals surface area (Å²) < 4.78 is 0. The zero-order valence-corrected chi connectivity index (χ0v) is 14.8. The number of thiazole rings is 1. The molecule has 1 aromatic heterocycles. The quantitative estimate of drug-likeness (QED) is 0.795. The van der Waals surface area contributed by atoms with E-state index in [-0.39, 0.29) is 5.91 Å². The molecule has 1 N–H and O–H groups in total. The molecule has 0 spiro atoms. The first-order chi connectivity index (χ1) is 11.4. The molecule has 3 rings (SSSR count). The molecule has 1 aliphatic heterocycles. The summed E-state index contributed by atoms with van der Waals surface area (Å²) in [5, 5.41) is 11.2. The van der Waals surface area contributed by atoms with Crippen LogP contribution in [0.4, 0.5) is 0 Å². The summed E-state index contributed by atoms with van der Waals surface area (Å²) in [5.74, 6) is 5.92. The second-order valence-corrected chi connectivity index (χ2v) is 7.55. The lowest BCUT2D eigenvalue weighted by molar-refractivity contribution is -0.00188. The van der Waals surface area contributed by atoms with Crippen LogP contribution in [0.25, 0.3) is 0 Å². The Bertz CT molecular complexity index is 810. The highest BCUT2D eigenvalue weighted by Crippen LogP contribution is 2.24. The van der Waals surface area contributed by atoms with Crippen molar-refractivity contribution in [2.75, 3.05) is 13.1 Å². The topological polar surface area (TPSA) is 53.4 Å². The molecule has 124 valence electrons. The van der Waals surface area contributed by atoms with Crippen LogP contribution in [0.5, 0.6) is 0 Å². The van der Waals surface area contributed by atoms with E-state index < -0.39 is 5.60 Å². The van der Waals surface area contributed by atoms with Crippen LogP contribution in [0.1, 0.15) is 40.0 Å². The highest BCUT2D eigenvalue weighted by atomic mass is 35.5. The van der Waals surface area contributed by atoms with Crippen molar-refractivity contribution in [3.05, 3.63) is 50.9 Å². The van der Waals surface area contributed by atoms with Crippen molar-refractivity contribution >= 4 is 28.8 Å². The van der Waals surface area contributed by atoms with Crippen LogP contribution in [0, 0.1) is 11.8 Å². The molecule has 0 bridgehead atoms. The van der Waals surface area contributed by atoms with E-state index in [2.05, 4.69) is 16.8 Å². The van der Waals surface area contributed by atoms with Crippen LogP contribution in [-0.2, 0) is 0 Å². The molecule has 1 aromatic carbocycles. The van der Waals surface area contributed by atoms with Gasteiger partial charge >= 0.3 is 0 Å². The van der Waals surface area contributed by atoms with Crippen molar-refractivity contribution in [3.8, 4) is 11.8 Å². The fraction of sp³-hybridized carbons (Fsp3) is 0.333. The van der Waals surface area contributed by atoms with Crippen LogP contribution < -0.4 is 0 Å². The lowest BCUT2D eigenvalue weighted by atomic mass is 9.94. The van der Waals surface area contributed by atoms with Gasteiger partial charge < -0.3 is 10.0 Å². The van der Waals surface area contributed by atoms with Gasteiger partial charge in [0.25, 0.3) is 5.91 Å². The number of carbonyl (C=O) groups is 1. The van der Waals surface area contributed by atoms with Crippen LogP contribution in [0.15, 0.2) is 30.5 Å². The van der Waals surface area contributed by atoms with Crippen molar-refractivity contribution in [3.63, 3.8) is 0 Å². The van der Waals surface area contributed by atoms with Gasteiger partial charge in [-0.05, 0) is 43.9 Å². The molecular weight excluding hydrogens is 344 g/mol. The Morgan fingerprint density at radius 1 is 1.38 bits per heavy atom. The zero-order chi connectivity index (χ0) is 17.2. The zero-order valence-electron chi connectivity index (χ0n) is 13.3. The van der Waals surface area contributed by atoms with Gasteiger partial charge in [0.05, 0.1) is 11.8 Å². The minimum absolute atomic E-state index is 0.0428. The number of amides is 1. The molecule has 1 amide bonds. The SMILES string of the molecule is CC1(O)CCN(C(=O)c2cnc(C#Cc3cccc(Cl)c3)s2)CC1. The lowest BCUT2D eigenvalue weighted by Gasteiger charge is -2.35. The number of aromatic nitrogens is 1. The van der Waals surface area contributed by atoms with Gasteiger partial charge in [-0.1, -0.05) is 23.6 Å². The second-order valence-electron chi connectivity index (χ2n) is 6.08. The van der Waals surface area contributed by atoms with Crippen molar-refractivity contribution in [2.45, 2.75) is 25.4 Å². The van der Waals surface area contributed by atoms with E-state index in [4.69, 9.17) is 11.6 Å². The van der Waals surface area contributed by atoms with Crippen LogP contribution in [0.3, 0.4) is 0 Å². The average Bonchev–Trinajstić information content (AvgIpc) is 3.01. The first-order valence-electron chi connectivity index (χ1n) is 7.68. The number of likely N-dealkylation sites (tertiary alicyclic amines) is 1. The van der Waals surface area contributed by atoms with Crippen molar-refractivity contribution in [1.29, 1.82) is 0 Å². The smallest absolute Gasteiger partial charge is 0.265 e. The Balaban J connectivity index is 1.69. The third-order valence-corrected chi connectivity index (χ3v) is 5.12. The van der Waals surface area contributed by atoms with Crippen molar-refractivity contribution in [1.82, 2.24) is 9.88 Å². The predicted octanol–water partition coefficient (Wildman–Crippen LogP) is 3.18. The molecule has 1 aliphatic rings. The molecular formula is C18H17ClN2O2S. The Hall–Kier alpha value is -1.87. The van der Waals surface area contributed by atoms with E-state index in [0.717, 1.165) is 5.56 Å². The summed E-state index contributed by atoms with van der Waals surface area (Å²) in [7, 11) is 0. The molecule has 0 unspecified atom stereocenters. The Kier molecular flexibility index (Phi) is 4.91. The van der Waals surface area contributed by atoms with Gasteiger partial charge in [-0.3, -0.25) is 4.79 Å². The van der Waals surface area contributed by atoms with Crippen LogP contribution in [0.2, 0.25) is 5.02 Å².